The van der Waals surface area contributed by atoms with Crippen molar-refractivity contribution in [1.82, 2.24) is 30.5 Å². The van der Waals surface area contributed by atoms with E-state index in [9.17, 15) is 14.4 Å². The molecule has 4 heterocycles. The number of hydrogen-bond donors (Lipinski definition) is 4. The molecule has 1 saturated carbocycles. The summed E-state index contributed by atoms with van der Waals surface area (Å²) in [6.07, 6.45) is 5.71. The van der Waals surface area contributed by atoms with Gasteiger partial charge in [0.2, 0.25) is 11.9 Å². The molecule has 1 saturated heterocycles. The van der Waals surface area contributed by atoms with E-state index in [4.69, 9.17) is 28.9 Å². The zero-order chi connectivity index (χ0) is 33.0. The normalized spacial score (nSPS) is 20.8. The van der Waals surface area contributed by atoms with Crippen molar-refractivity contribution in [2.24, 2.45) is 0 Å². The minimum Gasteiger partial charge on any atom is -0.399 e. The molecule has 0 spiro atoms. The summed E-state index contributed by atoms with van der Waals surface area (Å²) in [6.45, 7) is 2.87. The van der Waals surface area contributed by atoms with E-state index in [-0.39, 0.29) is 29.9 Å². The molecule has 2 aromatic carbocycles. The number of benzene rings is 2. The molecule has 2 aromatic heterocycles. The Kier molecular flexibility index (Phi) is 7.73. The van der Waals surface area contributed by atoms with E-state index in [1.165, 1.54) is 11.1 Å². The highest BCUT2D eigenvalue weighted by atomic mass is 35.5. The third kappa shape index (κ3) is 5.52. The quantitative estimate of drug-likeness (QED) is 0.202. The third-order valence-corrected chi connectivity index (χ3v) is 9.91. The van der Waals surface area contributed by atoms with Gasteiger partial charge in [-0.2, -0.15) is 0 Å². The molecule has 1 aliphatic carbocycles. The molecule has 2 aliphatic heterocycles. The van der Waals surface area contributed by atoms with Gasteiger partial charge in [-0.05, 0) is 93.7 Å². The van der Waals surface area contributed by atoms with Gasteiger partial charge in [-0.3, -0.25) is 23.9 Å². The maximum absolute atomic E-state index is 14.4. The lowest BCUT2D eigenvalue weighted by molar-refractivity contribution is -0.129. The number of aromatic nitrogens is 3. The number of nitrogens with one attached hydrogen (secondary N) is 3. The molecular formula is C34H34Cl2N8O3. The molecule has 7 rings (SSSR count). The minimum atomic E-state index is -1.27. The fourth-order valence-electron chi connectivity index (χ4n) is 6.76. The molecular weight excluding hydrogens is 639 g/mol. The Bertz CT molecular complexity index is 1850. The molecule has 11 nitrogen and oxygen atoms in total. The standard InChI is InChI=1S/C34H34Cl2N8O3/c1-32(19-21-5-7-24(37)8-6-21)30(47)43(25-17-22(35)16-23(36)18-25)31-40-20-26(44(31)32)28(45)41-34(11-14-38-15-12-34)29(46)42-33(9-10-33)27-4-2-3-13-39-27/h2-8,13,16-18,20,38H,9-12,14-15,19,37H2,1H3,(H,41,45)(H,42,46)/t32-/m1/s1. The first kappa shape index (κ1) is 31.2. The van der Waals surface area contributed by atoms with E-state index in [1.54, 1.807) is 48.0 Å². The summed E-state index contributed by atoms with van der Waals surface area (Å²) in [5.41, 5.74) is 5.73. The minimum absolute atomic E-state index is 0.151. The van der Waals surface area contributed by atoms with Gasteiger partial charge in [-0.25, -0.2) is 9.88 Å². The second kappa shape index (κ2) is 11.7. The number of fused-ring (bicyclic) bond motifs is 1. The number of imidazole rings is 1. The SMILES string of the molecule is C[C@@]1(Cc2ccc(N)cc2)C(=O)N(c2cc(Cl)cc(Cl)c2)c2ncc(C(=O)NC3(C(=O)NC4(c5ccccn5)CC4)CCNCC3)n21. The lowest BCUT2D eigenvalue weighted by Crippen LogP contribution is -2.64. The van der Waals surface area contributed by atoms with Crippen molar-refractivity contribution in [2.75, 3.05) is 23.7 Å². The van der Waals surface area contributed by atoms with Crippen LogP contribution in [0.15, 0.2) is 73.1 Å². The lowest BCUT2D eigenvalue weighted by atomic mass is 9.86. The molecule has 13 heteroatoms. The van der Waals surface area contributed by atoms with Crippen LogP contribution in [0.4, 0.5) is 17.3 Å². The number of pyridine rings is 1. The maximum atomic E-state index is 14.4. The predicted molar refractivity (Wildman–Crippen MR) is 180 cm³/mol. The Labute approximate surface area is 281 Å². The van der Waals surface area contributed by atoms with Crippen molar-refractivity contribution in [3.63, 3.8) is 0 Å². The molecule has 0 bridgehead atoms. The zero-order valence-electron chi connectivity index (χ0n) is 25.7. The van der Waals surface area contributed by atoms with Crippen LogP contribution in [0.2, 0.25) is 10.0 Å². The predicted octanol–water partition coefficient (Wildman–Crippen LogP) is 4.46. The number of nitrogens with two attached hydrogens (primary N) is 1. The Morgan fingerprint density at radius 3 is 2.30 bits per heavy atom. The summed E-state index contributed by atoms with van der Waals surface area (Å²) >= 11 is 12.7. The van der Waals surface area contributed by atoms with E-state index >= 15 is 0 Å². The van der Waals surface area contributed by atoms with Crippen LogP contribution in [0.25, 0.3) is 0 Å². The van der Waals surface area contributed by atoms with Crippen LogP contribution in [-0.2, 0) is 27.1 Å². The number of carbonyl (C=O) groups is 3. The van der Waals surface area contributed by atoms with Crippen LogP contribution >= 0.6 is 23.2 Å². The summed E-state index contributed by atoms with van der Waals surface area (Å²) in [5, 5.41) is 10.3. The number of carbonyl (C=O) groups excluding carboxylic acids is 3. The Morgan fingerprint density at radius 2 is 1.66 bits per heavy atom. The molecule has 5 N–H and O–H groups in total. The smallest absolute Gasteiger partial charge is 0.270 e. The van der Waals surface area contributed by atoms with E-state index in [1.807, 2.05) is 30.3 Å². The monoisotopic (exact) mass is 672 g/mol. The van der Waals surface area contributed by atoms with Crippen LogP contribution in [0.3, 0.4) is 0 Å². The van der Waals surface area contributed by atoms with Gasteiger partial charge in [0, 0.05) is 28.4 Å². The second-order valence-corrected chi connectivity index (χ2v) is 13.6. The molecule has 0 unspecified atom stereocenters. The van der Waals surface area contributed by atoms with Crippen LogP contribution in [-0.4, -0.2) is 50.9 Å². The van der Waals surface area contributed by atoms with Crippen molar-refractivity contribution in [3.8, 4) is 0 Å². The van der Waals surface area contributed by atoms with Gasteiger partial charge in [-0.15, -0.1) is 0 Å². The first-order chi connectivity index (χ1) is 22.5. The number of halogens is 2. The number of amides is 3. The number of hydrogen-bond acceptors (Lipinski definition) is 7. The highest BCUT2D eigenvalue weighted by molar-refractivity contribution is 6.35. The average Bonchev–Trinajstić information content (AvgIpc) is 3.64. The summed E-state index contributed by atoms with van der Waals surface area (Å²) in [5.74, 6) is -0.837. The van der Waals surface area contributed by atoms with Gasteiger partial charge in [0.1, 0.15) is 16.8 Å². The number of piperidine rings is 1. The van der Waals surface area contributed by atoms with Crippen molar-refractivity contribution in [3.05, 3.63) is 100 Å². The van der Waals surface area contributed by atoms with E-state index in [0.717, 1.165) is 24.1 Å². The van der Waals surface area contributed by atoms with Crippen LogP contribution in [0.1, 0.15) is 54.4 Å². The fourth-order valence-corrected chi connectivity index (χ4v) is 7.27. The zero-order valence-corrected chi connectivity index (χ0v) is 27.2. The van der Waals surface area contributed by atoms with Gasteiger partial charge in [0.05, 0.1) is 23.1 Å². The van der Waals surface area contributed by atoms with Crippen LogP contribution in [0.5, 0.6) is 0 Å². The molecule has 4 aromatic rings. The Morgan fingerprint density at radius 1 is 0.957 bits per heavy atom. The molecule has 1 atom stereocenters. The number of nitrogens with zero attached hydrogens (tertiary/aromatic N) is 4. The van der Waals surface area contributed by atoms with Gasteiger partial charge in [-0.1, -0.05) is 41.4 Å². The topological polar surface area (TPSA) is 147 Å². The third-order valence-electron chi connectivity index (χ3n) is 9.47. The first-order valence-corrected chi connectivity index (χ1v) is 16.3. The van der Waals surface area contributed by atoms with Crippen molar-refractivity contribution in [2.45, 2.75) is 55.6 Å². The van der Waals surface area contributed by atoms with Crippen molar-refractivity contribution >= 4 is 58.2 Å². The summed E-state index contributed by atoms with van der Waals surface area (Å²) in [7, 11) is 0. The summed E-state index contributed by atoms with van der Waals surface area (Å²) < 4.78 is 1.65. The lowest BCUT2D eigenvalue weighted by Gasteiger charge is -2.38. The van der Waals surface area contributed by atoms with Crippen molar-refractivity contribution in [1.29, 1.82) is 0 Å². The average molecular weight is 674 g/mol. The molecule has 242 valence electrons. The van der Waals surface area contributed by atoms with Crippen LogP contribution < -0.4 is 26.6 Å². The molecule has 3 aliphatic rings. The molecule has 0 radical (unpaired) electrons. The number of rotatable bonds is 8. The maximum Gasteiger partial charge on any atom is 0.270 e. The van der Waals surface area contributed by atoms with Gasteiger partial charge < -0.3 is 21.7 Å². The van der Waals surface area contributed by atoms with Gasteiger partial charge in [0.25, 0.3) is 11.8 Å². The Hall–Kier alpha value is -4.45. The second-order valence-electron chi connectivity index (χ2n) is 12.8. The Balaban J connectivity index is 1.26. The molecule has 2 fully saturated rings. The highest BCUT2D eigenvalue weighted by Crippen LogP contribution is 2.46. The van der Waals surface area contributed by atoms with E-state index in [2.05, 4.69) is 25.9 Å². The largest absolute Gasteiger partial charge is 0.399 e. The number of nitrogen functional groups attached to an aromatic ring is 1. The number of anilines is 3. The van der Waals surface area contributed by atoms with Crippen molar-refractivity contribution < 1.29 is 14.4 Å². The summed E-state index contributed by atoms with van der Waals surface area (Å²) in [4.78, 5) is 53.4. The van der Waals surface area contributed by atoms with Crippen LogP contribution in [0, 0.1) is 0 Å². The van der Waals surface area contributed by atoms with E-state index in [0.29, 0.717) is 47.4 Å². The van der Waals surface area contributed by atoms with E-state index < -0.39 is 22.5 Å². The molecule has 47 heavy (non-hydrogen) atoms. The van der Waals surface area contributed by atoms with Gasteiger partial charge in [0.15, 0.2) is 0 Å². The fraction of sp³-hybridized carbons (Fsp3) is 0.324. The first-order valence-electron chi connectivity index (χ1n) is 15.5. The summed E-state index contributed by atoms with van der Waals surface area (Å²) in [6, 6.07) is 17.7. The molecule has 3 amide bonds. The van der Waals surface area contributed by atoms with Gasteiger partial charge >= 0.3 is 0 Å². The highest BCUT2D eigenvalue weighted by Gasteiger charge is 2.54.